The van der Waals surface area contributed by atoms with Crippen molar-refractivity contribution in [1.29, 1.82) is 0 Å². The van der Waals surface area contributed by atoms with E-state index >= 15 is 0 Å². The number of hydrogen-bond donors (Lipinski definition) is 3. The lowest BCUT2D eigenvalue weighted by molar-refractivity contribution is -0.137. The quantitative estimate of drug-likeness (QED) is 0.458. The van der Waals surface area contributed by atoms with Crippen molar-refractivity contribution in [3.8, 4) is 0 Å². The van der Waals surface area contributed by atoms with Crippen molar-refractivity contribution in [1.82, 2.24) is 4.98 Å². The molecule has 1 aliphatic carbocycles. The fourth-order valence-corrected chi connectivity index (χ4v) is 4.06. The molecule has 172 valence electrons. The lowest BCUT2D eigenvalue weighted by Gasteiger charge is -2.12. The zero-order valence-electron chi connectivity index (χ0n) is 17.1. The molecule has 3 N–H and O–H groups in total. The van der Waals surface area contributed by atoms with Crippen molar-refractivity contribution >= 4 is 33.1 Å². The normalized spacial score (nSPS) is 13.9. The van der Waals surface area contributed by atoms with Gasteiger partial charge in [-0.15, -0.1) is 0 Å². The molecule has 1 heterocycles. The molecule has 0 unspecified atom stereocenters. The molecule has 33 heavy (non-hydrogen) atoms. The fraction of sp³-hybridized carbons (Fsp3) is 0.182. The van der Waals surface area contributed by atoms with E-state index in [1.807, 2.05) is 0 Å². The molecule has 0 spiro atoms. The number of alkyl halides is 3. The Balaban J connectivity index is 1.47. The summed E-state index contributed by atoms with van der Waals surface area (Å²) in [5.41, 5.74) is -0.722. The molecule has 0 saturated heterocycles. The van der Waals surface area contributed by atoms with Crippen molar-refractivity contribution in [2.75, 3.05) is 15.4 Å². The Kier molecular flexibility index (Phi) is 5.98. The van der Waals surface area contributed by atoms with Gasteiger partial charge in [-0.05, 0) is 61.4 Å². The van der Waals surface area contributed by atoms with Gasteiger partial charge in [-0.25, -0.2) is 13.4 Å². The number of sulfonamides is 1. The number of amides is 1. The van der Waals surface area contributed by atoms with Crippen LogP contribution in [0.15, 0.2) is 71.8 Å². The van der Waals surface area contributed by atoms with Gasteiger partial charge in [0.2, 0.25) is 0 Å². The van der Waals surface area contributed by atoms with Gasteiger partial charge in [-0.2, -0.15) is 13.2 Å². The van der Waals surface area contributed by atoms with Crippen LogP contribution in [0.3, 0.4) is 0 Å². The van der Waals surface area contributed by atoms with Crippen LogP contribution in [0, 0.1) is 0 Å². The van der Waals surface area contributed by atoms with Gasteiger partial charge in [0.25, 0.3) is 15.9 Å². The summed E-state index contributed by atoms with van der Waals surface area (Å²) in [6, 6.07) is 13.0. The minimum absolute atomic E-state index is 0.201. The van der Waals surface area contributed by atoms with Crippen molar-refractivity contribution in [2.24, 2.45) is 0 Å². The number of nitrogens with one attached hydrogen (secondary N) is 3. The van der Waals surface area contributed by atoms with Crippen LogP contribution >= 0.6 is 0 Å². The zero-order valence-corrected chi connectivity index (χ0v) is 17.9. The van der Waals surface area contributed by atoms with Crippen molar-refractivity contribution < 1.29 is 26.4 Å². The lowest BCUT2D eigenvalue weighted by Crippen LogP contribution is -2.16. The minimum atomic E-state index is -4.60. The average Bonchev–Trinajstić information content (AvgIpc) is 3.58. The van der Waals surface area contributed by atoms with E-state index in [0.717, 1.165) is 25.0 Å². The largest absolute Gasteiger partial charge is 0.416 e. The Hall–Kier alpha value is -3.60. The first-order valence-corrected chi connectivity index (χ1v) is 11.4. The number of aromatic nitrogens is 1. The number of rotatable bonds is 7. The lowest BCUT2D eigenvalue weighted by atomic mass is 10.2. The molecule has 4 rings (SSSR count). The van der Waals surface area contributed by atoms with Crippen LogP contribution < -0.4 is 15.4 Å². The van der Waals surface area contributed by atoms with Crippen molar-refractivity contribution in [3.05, 3.63) is 78.0 Å². The highest BCUT2D eigenvalue weighted by atomic mass is 32.2. The predicted octanol–water partition coefficient (Wildman–Crippen LogP) is 4.73. The maximum absolute atomic E-state index is 12.9. The number of pyridine rings is 1. The summed E-state index contributed by atoms with van der Waals surface area (Å²) in [4.78, 5) is 16.5. The van der Waals surface area contributed by atoms with E-state index in [1.165, 1.54) is 36.5 Å². The molecular weight excluding hydrogens is 457 g/mol. The van der Waals surface area contributed by atoms with E-state index in [9.17, 15) is 26.4 Å². The second-order valence-electron chi connectivity index (χ2n) is 7.52. The summed E-state index contributed by atoms with van der Waals surface area (Å²) in [6.07, 6.45) is -1.01. The highest BCUT2D eigenvalue weighted by Gasteiger charge is 2.30. The number of hydrogen-bond acceptors (Lipinski definition) is 5. The topological polar surface area (TPSA) is 100 Å². The van der Waals surface area contributed by atoms with E-state index in [2.05, 4.69) is 20.3 Å². The van der Waals surface area contributed by atoms with Crippen LogP contribution in [-0.4, -0.2) is 25.4 Å². The molecule has 7 nitrogen and oxygen atoms in total. The summed E-state index contributed by atoms with van der Waals surface area (Å²) >= 11 is 0. The van der Waals surface area contributed by atoms with Crippen molar-refractivity contribution in [2.45, 2.75) is 30.0 Å². The van der Waals surface area contributed by atoms with Gasteiger partial charge in [0.1, 0.15) is 5.82 Å². The van der Waals surface area contributed by atoms with Gasteiger partial charge in [-0.3, -0.25) is 9.52 Å². The molecule has 1 aromatic heterocycles. The second kappa shape index (κ2) is 8.74. The molecule has 0 aliphatic heterocycles. The van der Waals surface area contributed by atoms with Crippen LogP contribution in [0.4, 0.5) is 30.4 Å². The molecule has 0 radical (unpaired) electrons. The molecule has 1 fully saturated rings. The Morgan fingerprint density at radius 1 is 0.970 bits per heavy atom. The van der Waals surface area contributed by atoms with Crippen LogP contribution in [-0.2, 0) is 16.2 Å². The molecule has 0 bridgehead atoms. The third-order valence-corrected chi connectivity index (χ3v) is 6.18. The number of benzene rings is 2. The Labute approximate surface area is 188 Å². The van der Waals surface area contributed by atoms with E-state index in [4.69, 9.17) is 0 Å². The van der Waals surface area contributed by atoms with Gasteiger partial charge in [-0.1, -0.05) is 12.1 Å². The highest BCUT2D eigenvalue weighted by molar-refractivity contribution is 7.92. The average molecular weight is 476 g/mol. The number of anilines is 3. The SMILES string of the molecule is O=C(Nc1cccc(S(=O)(=O)Nc2cccc(C(F)(F)F)c2)c1)c1ccc(NC2CC2)nc1. The summed E-state index contributed by atoms with van der Waals surface area (Å²) < 4.78 is 66.2. The Bertz CT molecular complexity index is 1270. The molecule has 11 heteroatoms. The summed E-state index contributed by atoms with van der Waals surface area (Å²) in [7, 11) is -4.20. The van der Waals surface area contributed by atoms with Crippen LogP contribution in [0.2, 0.25) is 0 Å². The Morgan fingerprint density at radius 2 is 1.70 bits per heavy atom. The maximum atomic E-state index is 12.9. The first-order valence-electron chi connectivity index (χ1n) is 9.94. The smallest absolute Gasteiger partial charge is 0.367 e. The fourth-order valence-electron chi connectivity index (χ4n) is 2.97. The molecular formula is C22H19F3N4O3S. The Morgan fingerprint density at radius 3 is 2.36 bits per heavy atom. The second-order valence-corrected chi connectivity index (χ2v) is 9.20. The van der Waals surface area contributed by atoms with Gasteiger partial charge < -0.3 is 10.6 Å². The third-order valence-electron chi connectivity index (χ3n) is 4.80. The first-order chi connectivity index (χ1) is 15.6. The minimum Gasteiger partial charge on any atom is -0.367 e. The molecule has 3 aromatic rings. The number of nitrogens with zero attached hydrogens (tertiary/aromatic N) is 1. The summed E-state index contributed by atoms with van der Waals surface area (Å²) in [6.45, 7) is 0. The van der Waals surface area contributed by atoms with Gasteiger partial charge in [0.15, 0.2) is 0 Å². The molecule has 1 amide bonds. The predicted molar refractivity (Wildman–Crippen MR) is 118 cm³/mol. The summed E-state index contributed by atoms with van der Waals surface area (Å²) in [5, 5.41) is 5.80. The maximum Gasteiger partial charge on any atom is 0.416 e. The third kappa shape index (κ3) is 5.80. The van der Waals surface area contributed by atoms with Gasteiger partial charge in [0, 0.05) is 23.6 Å². The zero-order chi connectivity index (χ0) is 23.6. The molecule has 1 saturated carbocycles. The first kappa shape index (κ1) is 22.6. The number of halogens is 3. The summed E-state index contributed by atoms with van der Waals surface area (Å²) in [5.74, 6) is 0.184. The number of carbonyl (C=O) groups excluding carboxylic acids is 1. The van der Waals surface area contributed by atoms with E-state index in [1.54, 1.807) is 12.1 Å². The van der Waals surface area contributed by atoms with E-state index in [0.29, 0.717) is 17.9 Å². The van der Waals surface area contributed by atoms with Crippen LogP contribution in [0.1, 0.15) is 28.8 Å². The number of carbonyl (C=O) groups is 1. The standard InChI is InChI=1S/C22H19F3N4O3S/c23-22(24,25)15-3-1-5-18(11-15)29-33(31,32)19-6-2-4-17(12-19)28-21(30)14-7-10-20(26-13-14)27-16-8-9-16/h1-7,10-13,16,29H,8-9H2,(H,26,27)(H,28,30). The van der Waals surface area contributed by atoms with Gasteiger partial charge >= 0.3 is 6.18 Å². The molecule has 0 atom stereocenters. The van der Waals surface area contributed by atoms with E-state index in [-0.39, 0.29) is 21.8 Å². The van der Waals surface area contributed by atoms with Crippen LogP contribution in [0.25, 0.3) is 0 Å². The monoisotopic (exact) mass is 476 g/mol. The molecule has 1 aliphatic rings. The van der Waals surface area contributed by atoms with Gasteiger partial charge in [0.05, 0.1) is 16.0 Å². The van der Waals surface area contributed by atoms with Crippen molar-refractivity contribution in [3.63, 3.8) is 0 Å². The highest BCUT2D eigenvalue weighted by Crippen LogP contribution is 2.31. The van der Waals surface area contributed by atoms with E-state index < -0.39 is 27.7 Å². The van der Waals surface area contributed by atoms with Crippen LogP contribution in [0.5, 0.6) is 0 Å². The molecule has 2 aromatic carbocycles.